The molecule has 0 spiro atoms. The fourth-order valence-corrected chi connectivity index (χ4v) is 2.25. The maximum atomic E-state index is 12.0. The van der Waals surface area contributed by atoms with Crippen molar-refractivity contribution in [1.29, 1.82) is 0 Å². The van der Waals surface area contributed by atoms with E-state index in [1.54, 1.807) is 18.2 Å². The molecule has 1 aromatic carbocycles. The number of rotatable bonds is 2. The lowest BCUT2D eigenvalue weighted by molar-refractivity contribution is 0.0932. The number of nitrogens with two attached hydrogens (primary N) is 1. The quantitative estimate of drug-likeness (QED) is 0.722. The highest BCUT2D eigenvalue weighted by Gasteiger charge is 2.26. The van der Waals surface area contributed by atoms with Gasteiger partial charge in [0.05, 0.1) is 5.56 Å². The first kappa shape index (κ1) is 11.9. The van der Waals surface area contributed by atoms with Gasteiger partial charge in [0.25, 0.3) is 5.91 Å². The number of hydrogen-bond donors (Lipinski definition) is 3. The molecule has 0 aliphatic heterocycles. The molecule has 2 atom stereocenters. The largest absolute Gasteiger partial charge is 0.507 e. The van der Waals surface area contributed by atoms with E-state index >= 15 is 0 Å². The molecule has 17 heavy (non-hydrogen) atoms. The van der Waals surface area contributed by atoms with Crippen molar-refractivity contribution in [2.45, 2.75) is 38.3 Å². The van der Waals surface area contributed by atoms with Gasteiger partial charge in [-0.25, -0.2) is 0 Å². The minimum absolute atomic E-state index is 0.0136. The molecular weight excluding hydrogens is 216 g/mol. The van der Waals surface area contributed by atoms with Gasteiger partial charge in [-0.15, -0.1) is 0 Å². The molecule has 1 aliphatic carbocycles. The molecule has 1 saturated carbocycles. The molecule has 2 unspecified atom stereocenters. The SMILES string of the molecule is Cc1ccc(O)c(C(=O)NC2CCCC2N)c1. The predicted molar refractivity (Wildman–Crippen MR) is 65.9 cm³/mol. The van der Waals surface area contributed by atoms with Gasteiger partial charge < -0.3 is 16.2 Å². The van der Waals surface area contributed by atoms with E-state index in [-0.39, 0.29) is 23.7 Å². The lowest BCUT2D eigenvalue weighted by Gasteiger charge is -2.17. The highest BCUT2D eigenvalue weighted by molar-refractivity contribution is 5.97. The Morgan fingerprint density at radius 2 is 2.24 bits per heavy atom. The van der Waals surface area contributed by atoms with Crippen LogP contribution >= 0.6 is 0 Å². The predicted octanol–water partition coefficient (Wildman–Crippen LogP) is 1.31. The summed E-state index contributed by atoms with van der Waals surface area (Å²) in [7, 11) is 0. The van der Waals surface area contributed by atoms with E-state index in [9.17, 15) is 9.90 Å². The second kappa shape index (κ2) is 4.75. The molecule has 4 N–H and O–H groups in total. The second-order valence-corrected chi connectivity index (χ2v) is 4.70. The zero-order valence-electron chi connectivity index (χ0n) is 9.94. The number of phenols is 1. The van der Waals surface area contributed by atoms with Crippen molar-refractivity contribution in [3.05, 3.63) is 29.3 Å². The van der Waals surface area contributed by atoms with Crippen LogP contribution in [0.25, 0.3) is 0 Å². The van der Waals surface area contributed by atoms with Crippen LogP contribution in [0.3, 0.4) is 0 Å². The van der Waals surface area contributed by atoms with Crippen LogP contribution in [0.2, 0.25) is 0 Å². The van der Waals surface area contributed by atoms with Gasteiger partial charge in [-0.3, -0.25) is 4.79 Å². The van der Waals surface area contributed by atoms with E-state index < -0.39 is 0 Å². The van der Waals surface area contributed by atoms with E-state index in [0.29, 0.717) is 5.56 Å². The van der Waals surface area contributed by atoms with Crippen LogP contribution in [0, 0.1) is 6.92 Å². The number of amides is 1. The summed E-state index contributed by atoms with van der Waals surface area (Å²) in [6, 6.07) is 5.06. The average molecular weight is 234 g/mol. The molecule has 4 nitrogen and oxygen atoms in total. The first-order valence-corrected chi connectivity index (χ1v) is 5.94. The Morgan fingerprint density at radius 3 is 2.88 bits per heavy atom. The van der Waals surface area contributed by atoms with Crippen molar-refractivity contribution in [1.82, 2.24) is 5.32 Å². The monoisotopic (exact) mass is 234 g/mol. The zero-order valence-corrected chi connectivity index (χ0v) is 9.94. The molecule has 0 heterocycles. The van der Waals surface area contributed by atoms with Gasteiger partial charge in [-0.1, -0.05) is 11.6 Å². The number of hydrogen-bond acceptors (Lipinski definition) is 3. The Bertz CT molecular complexity index is 431. The number of carbonyl (C=O) groups is 1. The number of carbonyl (C=O) groups excluding carboxylic acids is 1. The van der Waals surface area contributed by atoms with Crippen molar-refractivity contribution < 1.29 is 9.90 Å². The third-order valence-electron chi connectivity index (χ3n) is 3.28. The van der Waals surface area contributed by atoms with Crippen LogP contribution in [-0.4, -0.2) is 23.1 Å². The van der Waals surface area contributed by atoms with Gasteiger partial charge in [0.2, 0.25) is 0 Å². The van der Waals surface area contributed by atoms with Crippen molar-refractivity contribution in [3.8, 4) is 5.75 Å². The van der Waals surface area contributed by atoms with Crippen LogP contribution in [0.1, 0.15) is 35.2 Å². The molecule has 1 amide bonds. The Balaban J connectivity index is 2.11. The average Bonchev–Trinajstić information content (AvgIpc) is 2.68. The van der Waals surface area contributed by atoms with Gasteiger partial charge in [0, 0.05) is 12.1 Å². The van der Waals surface area contributed by atoms with Crippen LogP contribution < -0.4 is 11.1 Å². The standard InChI is InChI=1S/C13H18N2O2/c1-8-5-6-12(16)9(7-8)13(17)15-11-4-2-3-10(11)14/h5-7,10-11,16H,2-4,14H2,1H3,(H,15,17). The minimum atomic E-state index is -0.242. The van der Waals surface area contributed by atoms with Crippen LogP contribution in [0.15, 0.2) is 18.2 Å². The molecule has 0 saturated heterocycles. The van der Waals surface area contributed by atoms with Gasteiger partial charge in [-0.2, -0.15) is 0 Å². The summed E-state index contributed by atoms with van der Waals surface area (Å²) < 4.78 is 0. The second-order valence-electron chi connectivity index (χ2n) is 4.70. The smallest absolute Gasteiger partial charge is 0.255 e. The molecule has 0 aromatic heterocycles. The molecule has 0 bridgehead atoms. The first-order valence-electron chi connectivity index (χ1n) is 5.94. The maximum absolute atomic E-state index is 12.0. The molecule has 4 heteroatoms. The van der Waals surface area contributed by atoms with E-state index in [2.05, 4.69) is 5.32 Å². The van der Waals surface area contributed by atoms with Crippen molar-refractivity contribution in [2.75, 3.05) is 0 Å². The Hall–Kier alpha value is -1.55. The Kier molecular flexibility index (Phi) is 3.33. The summed E-state index contributed by atoms with van der Waals surface area (Å²) in [5.74, 6) is -0.229. The highest BCUT2D eigenvalue weighted by atomic mass is 16.3. The number of aryl methyl sites for hydroxylation is 1. The van der Waals surface area contributed by atoms with Gasteiger partial charge in [-0.05, 0) is 38.3 Å². The van der Waals surface area contributed by atoms with E-state index in [1.807, 2.05) is 6.92 Å². The van der Waals surface area contributed by atoms with Gasteiger partial charge in [0.1, 0.15) is 5.75 Å². The minimum Gasteiger partial charge on any atom is -0.507 e. The van der Waals surface area contributed by atoms with Gasteiger partial charge >= 0.3 is 0 Å². The van der Waals surface area contributed by atoms with Crippen LogP contribution in [0.4, 0.5) is 0 Å². The summed E-state index contributed by atoms with van der Waals surface area (Å²) >= 11 is 0. The molecule has 1 aliphatic rings. The van der Waals surface area contributed by atoms with E-state index in [4.69, 9.17) is 5.73 Å². The summed E-state index contributed by atoms with van der Waals surface area (Å²) in [6.45, 7) is 1.89. The number of aromatic hydroxyl groups is 1. The maximum Gasteiger partial charge on any atom is 0.255 e. The lowest BCUT2D eigenvalue weighted by atomic mass is 10.1. The summed E-state index contributed by atoms with van der Waals surface area (Å²) in [4.78, 5) is 12.0. The number of benzene rings is 1. The van der Waals surface area contributed by atoms with Crippen molar-refractivity contribution in [3.63, 3.8) is 0 Å². The molecule has 0 radical (unpaired) electrons. The molecular formula is C13H18N2O2. The zero-order chi connectivity index (χ0) is 12.4. The number of nitrogens with one attached hydrogen (secondary N) is 1. The summed E-state index contributed by atoms with van der Waals surface area (Å²) in [6.07, 6.45) is 2.91. The van der Waals surface area contributed by atoms with E-state index in [0.717, 1.165) is 24.8 Å². The fourth-order valence-electron chi connectivity index (χ4n) is 2.25. The van der Waals surface area contributed by atoms with Crippen molar-refractivity contribution >= 4 is 5.91 Å². The van der Waals surface area contributed by atoms with Crippen LogP contribution in [-0.2, 0) is 0 Å². The third kappa shape index (κ3) is 2.58. The van der Waals surface area contributed by atoms with Crippen LogP contribution in [0.5, 0.6) is 5.75 Å². The number of phenolic OH excluding ortho intramolecular Hbond substituents is 1. The topological polar surface area (TPSA) is 75.3 Å². The Labute approximate surface area is 101 Å². The third-order valence-corrected chi connectivity index (χ3v) is 3.28. The normalized spacial score (nSPS) is 23.6. The summed E-state index contributed by atoms with van der Waals surface area (Å²) in [5.41, 5.74) is 7.17. The molecule has 1 aromatic rings. The van der Waals surface area contributed by atoms with Crippen molar-refractivity contribution in [2.24, 2.45) is 5.73 Å². The van der Waals surface area contributed by atoms with E-state index in [1.165, 1.54) is 0 Å². The van der Waals surface area contributed by atoms with Gasteiger partial charge in [0.15, 0.2) is 0 Å². The molecule has 92 valence electrons. The first-order chi connectivity index (χ1) is 8.08. The Morgan fingerprint density at radius 1 is 1.47 bits per heavy atom. The fraction of sp³-hybridized carbons (Fsp3) is 0.462. The molecule has 1 fully saturated rings. The summed E-state index contributed by atoms with van der Waals surface area (Å²) in [5, 5.41) is 12.5. The lowest BCUT2D eigenvalue weighted by Crippen LogP contribution is -2.44. The molecule has 2 rings (SSSR count). The highest BCUT2D eigenvalue weighted by Crippen LogP contribution is 2.21.